The SMILES string of the molecule is CCC1=C(CC)c2cccc3c2N(CC3)C(=O)N1. The first kappa shape index (κ1) is 11.3. The highest BCUT2D eigenvalue weighted by molar-refractivity contribution is 6.02. The van der Waals surface area contributed by atoms with Gasteiger partial charge in [-0.1, -0.05) is 32.0 Å². The summed E-state index contributed by atoms with van der Waals surface area (Å²) in [5.41, 5.74) is 6.03. The Kier molecular flexibility index (Phi) is 2.62. The van der Waals surface area contributed by atoms with Crippen LogP contribution in [0.15, 0.2) is 23.9 Å². The molecule has 0 saturated heterocycles. The fourth-order valence-electron chi connectivity index (χ4n) is 3.04. The zero-order chi connectivity index (χ0) is 12.7. The molecule has 0 unspecified atom stereocenters. The van der Waals surface area contributed by atoms with Crippen LogP contribution >= 0.6 is 0 Å². The molecule has 94 valence electrons. The second-order valence-corrected chi connectivity index (χ2v) is 4.81. The van der Waals surface area contributed by atoms with Crippen LogP contribution in [-0.2, 0) is 6.42 Å². The molecule has 0 aliphatic carbocycles. The topological polar surface area (TPSA) is 32.3 Å². The van der Waals surface area contributed by atoms with Gasteiger partial charge in [-0.2, -0.15) is 0 Å². The molecule has 0 bridgehead atoms. The molecular formula is C15H18N2O. The summed E-state index contributed by atoms with van der Waals surface area (Å²) in [4.78, 5) is 14.1. The van der Waals surface area contributed by atoms with E-state index in [4.69, 9.17) is 0 Å². The van der Waals surface area contributed by atoms with Crippen LogP contribution in [0.25, 0.3) is 5.57 Å². The third-order valence-electron chi connectivity index (χ3n) is 3.89. The first-order chi connectivity index (χ1) is 8.76. The average molecular weight is 242 g/mol. The third-order valence-corrected chi connectivity index (χ3v) is 3.89. The van der Waals surface area contributed by atoms with Crippen molar-refractivity contribution in [1.29, 1.82) is 0 Å². The Labute approximate surface area is 107 Å². The maximum atomic E-state index is 12.3. The van der Waals surface area contributed by atoms with Gasteiger partial charge in [-0.15, -0.1) is 0 Å². The lowest BCUT2D eigenvalue weighted by molar-refractivity contribution is 0.249. The van der Waals surface area contributed by atoms with Crippen LogP contribution in [0, 0.1) is 0 Å². The van der Waals surface area contributed by atoms with E-state index in [0.717, 1.165) is 37.2 Å². The molecule has 3 heteroatoms. The van der Waals surface area contributed by atoms with Gasteiger partial charge in [0.1, 0.15) is 0 Å². The van der Waals surface area contributed by atoms with Gasteiger partial charge >= 0.3 is 6.03 Å². The summed E-state index contributed by atoms with van der Waals surface area (Å²) in [7, 11) is 0. The van der Waals surface area contributed by atoms with Crippen LogP contribution < -0.4 is 10.2 Å². The number of carbonyl (C=O) groups is 1. The van der Waals surface area contributed by atoms with E-state index in [0.29, 0.717) is 0 Å². The van der Waals surface area contributed by atoms with Crippen LogP contribution in [0.1, 0.15) is 37.8 Å². The number of hydrogen-bond acceptors (Lipinski definition) is 1. The molecule has 0 atom stereocenters. The van der Waals surface area contributed by atoms with Crippen molar-refractivity contribution in [3.8, 4) is 0 Å². The maximum Gasteiger partial charge on any atom is 0.326 e. The zero-order valence-corrected chi connectivity index (χ0v) is 10.9. The van der Waals surface area contributed by atoms with Crippen molar-refractivity contribution in [2.24, 2.45) is 0 Å². The number of carbonyl (C=O) groups excluding carboxylic acids is 1. The summed E-state index contributed by atoms with van der Waals surface area (Å²) >= 11 is 0. The molecule has 2 aliphatic rings. The predicted octanol–water partition coefficient (Wildman–Crippen LogP) is 3.30. The standard InChI is InChI=1S/C15H18N2O/c1-3-11-12-7-5-6-10-8-9-17(14(10)12)15(18)16-13(11)4-2/h5-7H,3-4,8-9H2,1-2H3,(H,16,18). The van der Waals surface area contributed by atoms with E-state index >= 15 is 0 Å². The lowest BCUT2D eigenvalue weighted by Gasteiger charge is -2.17. The largest absolute Gasteiger partial charge is 0.326 e. The molecule has 1 aromatic rings. The number of benzene rings is 1. The molecule has 2 heterocycles. The first-order valence-electron chi connectivity index (χ1n) is 6.69. The van der Waals surface area contributed by atoms with Crippen LogP contribution in [0.5, 0.6) is 0 Å². The van der Waals surface area contributed by atoms with E-state index in [-0.39, 0.29) is 6.03 Å². The van der Waals surface area contributed by atoms with Crippen LogP contribution in [0.2, 0.25) is 0 Å². The number of anilines is 1. The van der Waals surface area contributed by atoms with E-state index in [1.54, 1.807) is 0 Å². The number of amides is 2. The van der Waals surface area contributed by atoms with E-state index in [1.165, 1.54) is 16.7 Å². The molecule has 18 heavy (non-hydrogen) atoms. The third kappa shape index (κ3) is 1.47. The number of urea groups is 1. The van der Waals surface area contributed by atoms with Gasteiger partial charge in [-0.05, 0) is 30.4 Å². The van der Waals surface area contributed by atoms with Crippen molar-refractivity contribution in [3.63, 3.8) is 0 Å². The quantitative estimate of drug-likeness (QED) is 0.848. The monoisotopic (exact) mass is 242 g/mol. The molecule has 3 rings (SSSR count). The molecule has 1 aromatic carbocycles. The number of nitrogens with one attached hydrogen (secondary N) is 1. The van der Waals surface area contributed by atoms with Crippen molar-refractivity contribution in [1.82, 2.24) is 5.32 Å². The highest BCUT2D eigenvalue weighted by atomic mass is 16.2. The number of nitrogens with zero attached hydrogens (tertiary/aromatic N) is 1. The van der Waals surface area contributed by atoms with Gasteiger partial charge in [-0.3, -0.25) is 4.90 Å². The molecule has 1 N–H and O–H groups in total. The second-order valence-electron chi connectivity index (χ2n) is 4.81. The molecule has 3 nitrogen and oxygen atoms in total. The van der Waals surface area contributed by atoms with Crippen LogP contribution in [-0.4, -0.2) is 12.6 Å². The van der Waals surface area contributed by atoms with Gasteiger partial charge in [-0.25, -0.2) is 4.79 Å². The van der Waals surface area contributed by atoms with Gasteiger partial charge in [0, 0.05) is 17.8 Å². The van der Waals surface area contributed by atoms with Crippen molar-refractivity contribution in [2.45, 2.75) is 33.1 Å². The van der Waals surface area contributed by atoms with Gasteiger partial charge in [0.05, 0.1) is 5.69 Å². The highest BCUT2D eigenvalue weighted by Crippen LogP contribution is 2.39. The number of rotatable bonds is 2. The minimum absolute atomic E-state index is 0.0292. The van der Waals surface area contributed by atoms with Crippen LogP contribution in [0.4, 0.5) is 10.5 Å². The van der Waals surface area contributed by atoms with Gasteiger partial charge in [0.2, 0.25) is 0 Å². The lowest BCUT2D eigenvalue weighted by Crippen LogP contribution is -2.37. The highest BCUT2D eigenvalue weighted by Gasteiger charge is 2.31. The summed E-state index contributed by atoms with van der Waals surface area (Å²) in [5.74, 6) is 0. The number of para-hydroxylation sites is 1. The average Bonchev–Trinajstić information content (AvgIpc) is 2.77. The molecule has 0 spiro atoms. The molecule has 2 amide bonds. The minimum atomic E-state index is 0.0292. The summed E-state index contributed by atoms with van der Waals surface area (Å²) in [6.07, 6.45) is 2.79. The summed E-state index contributed by atoms with van der Waals surface area (Å²) in [5, 5.41) is 3.08. The fourth-order valence-corrected chi connectivity index (χ4v) is 3.04. The number of hydrogen-bond donors (Lipinski definition) is 1. The summed E-state index contributed by atoms with van der Waals surface area (Å²) in [6.45, 7) is 5.05. The summed E-state index contributed by atoms with van der Waals surface area (Å²) in [6, 6.07) is 6.42. The van der Waals surface area contributed by atoms with E-state index in [1.807, 2.05) is 4.90 Å². The Hall–Kier alpha value is -1.77. The Balaban J connectivity index is 2.28. The van der Waals surface area contributed by atoms with Gasteiger partial charge < -0.3 is 5.32 Å². The van der Waals surface area contributed by atoms with Crippen molar-refractivity contribution in [3.05, 3.63) is 35.0 Å². The smallest absolute Gasteiger partial charge is 0.311 e. The number of allylic oxidation sites excluding steroid dienone is 2. The van der Waals surface area contributed by atoms with Gasteiger partial charge in [0.25, 0.3) is 0 Å². The molecule has 0 saturated carbocycles. The fraction of sp³-hybridized carbons (Fsp3) is 0.400. The molecule has 0 fully saturated rings. The minimum Gasteiger partial charge on any atom is -0.311 e. The van der Waals surface area contributed by atoms with Crippen molar-refractivity contribution < 1.29 is 4.79 Å². The Morgan fingerprint density at radius 2 is 2.11 bits per heavy atom. The van der Waals surface area contributed by atoms with Gasteiger partial charge in [0.15, 0.2) is 0 Å². The van der Waals surface area contributed by atoms with E-state index in [2.05, 4.69) is 37.4 Å². The maximum absolute atomic E-state index is 12.3. The Morgan fingerprint density at radius 3 is 2.83 bits per heavy atom. The lowest BCUT2D eigenvalue weighted by atomic mass is 9.96. The van der Waals surface area contributed by atoms with Crippen LogP contribution in [0.3, 0.4) is 0 Å². The van der Waals surface area contributed by atoms with E-state index < -0.39 is 0 Å². The normalized spacial score (nSPS) is 17.7. The first-order valence-corrected chi connectivity index (χ1v) is 6.69. The molecule has 2 aliphatic heterocycles. The Bertz CT molecular complexity index is 545. The second kappa shape index (κ2) is 4.16. The molecule has 0 radical (unpaired) electrons. The molecular weight excluding hydrogens is 224 g/mol. The predicted molar refractivity (Wildman–Crippen MR) is 73.5 cm³/mol. The Morgan fingerprint density at radius 1 is 1.28 bits per heavy atom. The van der Waals surface area contributed by atoms with Crippen molar-refractivity contribution in [2.75, 3.05) is 11.4 Å². The van der Waals surface area contributed by atoms with E-state index in [9.17, 15) is 4.79 Å². The zero-order valence-electron chi connectivity index (χ0n) is 10.9. The van der Waals surface area contributed by atoms with Crippen molar-refractivity contribution >= 4 is 17.3 Å². The summed E-state index contributed by atoms with van der Waals surface area (Å²) < 4.78 is 0. The molecule has 0 aromatic heterocycles.